The molecule has 0 saturated heterocycles. The van der Waals surface area contributed by atoms with Gasteiger partial charge in [-0.2, -0.15) is 0 Å². The van der Waals surface area contributed by atoms with Gasteiger partial charge in [-0.15, -0.1) is 11.6 Å². The third-order valence-corrected chi connectivity index (χ3v) is 3.85. The molecule has 0 heterocycles. The van der Waals surface area contributed by atoms with E-state index in [0.29, 0.717) is 5.88 Å². The first-order valence-corrected chi connectivity index (χ1v) is 7.01. The average molecular weight is 277 g/mol. The van der Waals surface area contributed by atoms with Crippen LogP contribution in [0.2, 0.25) is 0 Å². The molecule has 0 aliphatic carbocycles. The second-order valence-corrected chi connectivity index (χ2v) is 5.35. The maximum atomic E-state index is 13.3. The third-order valence-electron chi connectivity index (χ3n) is 3.48. The Morgan fingerprint density at radius 3 is 2.58 bits per heavy atom. The summed E-state index contributed by atoms with van der Waals surface area (Å²) in [4.78, 5) is 0. The van der Waals surface area contributed by atoms with Crippen LogP contribution in [0.4, 0.5) is 4.39 Å². The van der Waals surface area contributed by atoms with Gasteiger partial charge in [-0.25, -0.2) is 4.39 Å². The van der Waals surface area contributed by atoms with E-state index in [1.807, 2.05) is 6.07 Å². The Morgan fingerprint density at radius 2 is 1.89 bits per heavy atom. The van der Waals surface area contributed by atoms with E-state index in [1.165, 1.54) is 22.8 Å². The Balaban J connectivity index is 2.26. The van der Waals surface area contributed by atoms with Crippen molar-refractivity contribution in [3.8, 4) is 0 Å². The molecule has 2 aromatic rings. The molecule has 2 heteroatoms. The number of halogens is 2. The molecule has 0 saturated carbocycles. The number of rotatable bonds is 4. The Bertz CT molecular complexity index is 563. The zero-order valence-electron chi connectivity index (χ0n) is 11.3. The van der Waals surface area contributed by atoms with Crippen LogP contribution in [0, 0.1) is 19.7 Å². The topological polar surface area (TPSA) is 0 Å². The Labute approximate surface area is 119 Å². The van der Waals surface area contributed by atoms with Crippen LogP contribution in [0.1, 0.15) is 28.2 Å². The molecule has 100 valence electrons. The van der Waals surface area contributed by atoms with Crippen molar-refractivity contribution < 1.29 is 4.39 Å². The molecule has 0 bridgehead atoms. The van der Waals surface area contributed by atoms with Crippen LogP contribution in [0.25, 0.3) is 0 Å². The lowest BCUT2D eigenvalue weighted by molar-refractivity contribution is 0.621. The second kappa shape index (κ2) is 6.21. The number of hydrogen-bond acceptors (Lipinski definition) is 0. The standard InChI is InChI=1S/C17H18ClF/c1-12-6-7-13(2)15(8-12)9-16(11-18)14-4-3-5-17(19)10-14/h3-8,10,16H,9,11H2,1-2H3. The summed E-state index contributed by atoms with van der Waals surface area (Å²) >= 11 is 6.07. The molecular weight excluding hydrogens is 259 g/mol. The summed E-state index contributed by atoms with van der Waals surface area (Å²) in [6.45, 7) is 4.19. The number of benzene rings is 2. The summed E-state index contributed by atoms with van der Waals surface area (Å²) in [5.74, 6) is 0.447. The van der Waals surface area contributed by atoms with Gasteiger partial charge in [0.2, 0.25) is 0 Å². The van der Waals surface area contributed by atoms with Crippen LogP contribution in [0.3, 0.4) is 0 Å². The lowest BCUT2D eigenvalue weighted by Gasteiger charge is -2.16. The van der Waals surface area contributed by atoms with E-state index < -0.39 is 0 Å². The Hall–Kier alpha value is -1.34. The molecule has 0 spiro atoms. The number of aryl methyl sites for hydroxylation is 2. The van der Waals surface area contributed by atoms with Gasteiger partial charge in [0.05, 0.1) is 0 Å². The van der Waals surface area contributed by atoms with Gasteiger partial charge in [0.15, 0.2) is 0 Å². The smallest absolute Gasteiger partial charge is 0.123 e. The quantitative estimate of drug-likeness (QED) is 0.689. The van der Waals surface area contributed by atoms with E-state index in [1.54, 1.807) is 12.1 Å². The van der Waals surface area contributed by atoms with Crippen molar-refractivity contribution in [3.63, 3.8) is 0 Å². The van der Waals surface area contributed by atoms with Gasteiger partial charge in [0.1, 0.15) is 5.82 Å². The van der Waals surface area contributed by atoms with Crippen molar-refractivity contribution in [1.82, 2.24) is 0 Å². The highest BCUT2D eigenvalue weighted by Crippen LogP contribution is 2.25. The molecule has 0 N–H and O–H groups in total. The molecule has 0 nitrogen and oxygen atoms in total. The molecule has 2 aromatic carbocycles. The third kappa shape index (κ3) is 3.57. The van der Waals surface area contributed by atoms with Crippen LogP contribution in [-0.2, 0) is 6.42 Å². The van der Waals surface area contributed by atoms with Crippen LogP contribution in [-0.4, -0.2) is 5.88 Å². The van der Waals surface area contributed by atoms with Crippen LogP contribution < -0.4 is 0 Å². The normalized spacial score (nSPS) is 12.4. The van der Waals surface area contributed by atoms with Crippen molar-refractivity contribution in [2.45, 2.75) is 26.2 Å². The number of hydrogen-bond donors (Lipinski definition) is 0. The number of alkyl halides is 1. The van der Waals surface area contributed by atoms with Crippen molar-refractivity contribution in [3.05, 3.63) is 70.5 Å². The van der Waals surface area contributed by atoms with Crippen LogP contribution in [0.15, 0.2) is 42.5 Å². The first-order valence-electron chi connectivity index (χ1n) is 6.47. The molecular formula is C17H18ClF. The summed E-state index contributed by atoms with van der Waals surface area (Å²) in [7, 11) is 0. The molecule has 0 aromatic heterocycles. The van der Waals surface area contributed by atoms with Crippen molar-refractivity contribution >= 4 is 11.6 Å². The van der Waals surface area contributed by atoms with Gasteiger partial charge < -0.3 is 0 Å². The van der Waals surface area contributed by atoms with Gasteiger partial charge >= 0.3 is 0 Å². The minimum absolute atomic E-state index is 0.151. The van der Waals surface area contributed by atoms with Crippen molar-refractivity contribution in [1.29, 1.82) is 0 Å². The monoisotopic (exact) mass is 276 g/mol. The fourth-order valence-corrected chi connectivity index (χ4v) is 2.59. The van der Waals surface area contributed by atoms with E-state index in [2.05, 4.69) is 32.0 Å². The second-order valence-electron chi connectivity index (χ2n) is 5.04. The highest BCUT2D eigenvalue weighted by Gasteiger charge is 2.13. The summed E-state index contributed by atoms with van der Waals surface area (Å²) in [5.41, 5.74) is 4.76. The minimum atomic E-state index is -0.200. The lowest BCUT2D eigenvalue weighted by Crippen LogP contribution is -2.06. The zero-order valence-corrected chi connectivity index (χ0v) is 12.0. The van der Waals surface area contributed by atoms with Gasteiger partial charge in [0.25, 0.3) is 0 Å². The van der Waals surface area contributed by atoms with E-state index in [4.69, 9.17) is 11.6 Å². The van der Waals surface area contributed by atoms with E-state index in [9.17, 15) is 4.39 Å². The van der Waals surface area contributed by atoms with Crippen LogP contribution >= 0.6 is 11.6 Å². The molecule has 1 unspecified atom stereocenters. The maximum Gasteiger partial charge on any atom is 0.123 e. The average Bonchev–Trinajstić information content (AvgIpc) is 2.39. The molecule has 2 rings (SSSR count). The summed E-state index contributed by atoms with van der Waals surface area (Å²) in [5, 5.41) is 0. The first-order chi connectivity index (χ1) is 9.10. The highest BCUT2D eigenvalue weighted by molar-refractivity contribution is 6.18. The molecule has 0 amide bonds. The first kappa shape index (κ1) is 14.1. The van der Waals surface area contributed by atoms with Crippen LogP contribution in [0.5, 0.6) is 0 Å². The van der Waals surface area contributed by atoms with Crippen molar-refractivity contribution in [2.24, 2.45) is 0 Å². The van der Waals surface area contributed by atoms with Crippen molar-refractivity contribution in [2.75, 3.05) is 5.88 Å². The van der Waals surface area contributed by atoms with Gasteiger partial charge in [0, 0.05) is 11.8 Å². The predicted octanol–water partition coefficient (Wildman–Crippen LogP) is 5.01. The van der Waals surface area contributed by atoms with E-state index >= 15 is 0 Å². The summed E-state index contributed by atoms with van der Waals surface area (Å²) < 4.78 is 13.3. The fraction of sp³-hybridized carbons (Fsp3) is 0.294. The molecule has 19 heavy (non-hydrogen) atoms. The Kier molecular flexibility index (Phi) is 4.60. The van der Waals surface area contributed by atoms with E-state index in [-0.39, 0.29) is 11.7 Å². The SMILES string of the molecule is Cc1ccc(C)c(CC(CCl)c2cccc(F)c2)c1. The van der Waals surface area contributed by atoms with E-state index in [0.717, 1.165) is 12.0 Å². The lowest BCUT2D eigenvalue weighted by atomic mass is 9.91. The minimum Gasteiger partial charge on any atom is -0.207 e. The zero-order chi connectivity index (χ0) is 13.8. The molecule has 0 radical (unpaired) electrons. The fourth-order valence-electron chi connectivity index (χ4n) is 2.31. The molecule has 0 aliphatic rings. The molecule has 1 atom stereocenters. The Morgan fingerprint density at radius 1 is 1.11 bits per heavy atom. The highest BCUT2D eigenvalue weighted by atomic mass is 35.5. The maximum absolute atomic E-state index is 13.3. The summed E-state index contributed by atoms with van der Waals surface area (Å²) in [6, 6.07) is 13.2. The predicted molar refractivity (Wildman–Crippen MR) is 79.5 cm³/mol. The molecule has 0 aliphatic heterocycles. The molecule has 0 fully saturated rings. The summed E-state index contributed by atoms with van der Waals surface area (Å²) in [6.07, 6.45) is 0.848. The largest absolute Gasteiger partial charge is 0.207 e. The van der Waals surface area contributed by atoms with Gasteiger partial charge in [-0.05, 0) is 49.1 Å². The van der Waals surface area contributed by atoms with Gasteiger partial charge in [-0.3, -0.25) is 0 Å². The van der Waals surface area contributed by atoms with Gasteiger partial charge in [-0.1, -0.05) is 35.9 Å².